The van der Waals surface area contributed by atoms with Crippen molar-refractivity contribution in [2.24, 2.45) is 0 Å². The van der Waals surface area contributed by atoms with E-state index < -0.39 is 0 Å². The highest BCUT2D eigenvalue weighted by Crippen LogP contribution is 2.15. The molecular weight excluding hydrogens is 218 g/mol. The van der Waals surface area contributed by atoms with E-state index in [1.165, 1.54) is 6.26 Å². The molecule has 0 aliphatic rings. The SMILES string of the molecule is Cc1cccc(N)c1C(=O)NCc1ccon1. The summed E-state index contributed by atoms with van der Waals surface area (Å²) < 4.78 is 4.67. The van der Waals surface area contributed by atoms with Crippen LogP contribution < -0.4 is 11.1 Å². The normalized spacial score (nSPS) is 10.2. The van der Waals surface area contributed by atoms with Crippen molar-refractivity contribution in [3.05, 3.63) is 47.3 Å². The molecule has 0 atom stereocenters. The molecule has 0 unspecified atom stereocenters. The number of benzene rings is 1. The molecule has 1 heterocycles. The third kappa shape index (κ3) is 2.44. The van der Waals surface area contributed by atoms with E-state index in [1.807, 2.05) is 19.1 Å². The first-order valence-electron chi connectivity index (χ1n) is 5.21. The number of rotatable bonds is 3. The molecule has 1 aromatic heterocycles. The van der Waals surface area contributed by atoms with E-state index in [1.54, 1.807) is 12.1 Å². The largest absolute Gasteiger partial charge is 0.398 e. The van der Waals surface area contributed by atoms with Crippen molar-refractivity contribution >= 4 is 11.6 Å². The number of nitrogen functional groups attached to an aromatic ring is 1. The zero-order valence-corrected chi connectivity index (χ0v) is 9.43. The lowest BCUT2D eigenvalue weighted by atomic mass is 10.1. The lowest BCUT2D eigenvalue weighted by Gasteiger charge is -2.08. The minimum absolute atomic E-state index is 0.205. The van der Waals surface area contributed by atoms with Crippen LogP contribution in [-0.2, 0) is 6.54 Å². The van der Waals surface area contributed by atoms with Gasteiger partial charge >= 0.3 is 0 Å². The van der Waals surface area contributed by atoms with Crippen molar-refractivity contribution in [3.8, 4) is 0 Å². The number of hydrogen-bond acceptors (Lipinski definition) is 4. The zero-order valence-electron chi connectivity index (χ0n) is 9.43. The van der Waals surface area contributed by atoms with Crippen molar-refractivity contribution < 1.29 is 9.32 Å². The van der Waals surface area contributed by atoms with Gasteiger partial charge in [-0.05, 0) is 18.6 Å². The molecule has 0 aliphatic heterocycles. The molecule has 17 heavy (non-hydrogen) atoms. The highest BCUT2D eigenvalue weighted by Gasteiger charge is 2.12. The summed E-state index contributed by atoms with van der Waals surface area (Å²) in [6.07, 6.45) is 1.46. The van der Waals surface area contributed by atoms with Crippen LogP contribution in [0.4, 0.5) is 5.69 Å². The standard InChI is InChI=1S/C12H13N3O2/c1-8-3-2-4-10(13)11(8)12(16)14-7-9-5-6-17-15-9/h2-6H,7,13H2,1H3,(H,14,16). The molecule has 0 spiro atoms. The van der Waals surface area contributed by atoms with Gasteiger partial charge in [0.05, 0.1) is 12.1 Å². The Balaban J connectivity index is 2.10. The molecule has 88 valence electrons. The predicted octanol–water partition coefficient (Wildman–Crippen LogP) is 1.50. The van der Waals surface area contributed by atoms with Crippen LogP contribution >= 0.6 is 0 Å². The smallest absolute Gasteiger partial charge is 0.253 e. The van der Waals surface area contributed by atoms with Gasteiger partial charge in [0.2, 0.25) is 0 Å². The Morgan fingerprint density at radius 1 is 1.47 bits per heavy atom. The number of nitrogens with zero attached hydrogens (tertiary/aromatic N) is 1. The molecule has 1 aromatic carbocycles. The fraction of sp³-hybridized carbons (Fsp3) is 0.167. The summed E-state index contributed by atoms with van der Waals surface area (Å²) in [4.78, 5) is 11.9. The van der Waals surface area contributed by atoms with E-state index in [2.05, 4.69) is 15.0 Å². The van der Waals surface area contributed by atoms with Crippen molar-refractivity contribution in [2.45, 2.75) is 13.5 Å². The molecular formula is C12H13N3O2. The summed E-state index contributed by atoms with van der Waals surface area (Å²) in [7, 11) is 0. The van der Waals surface area contributed by atoms with Crippen LogP contribution in [0.3, 0.4) is 0 Å². The van der Waals surface area contributed by atoms with Gasteiger partial charge in [0, 0.05) is 11.8 Å². The average molecular weight is 231 g/mol. The number of aryl methyl sites for hydroxylation is 1. The van der Waals surface area contributed by atoms with Crippen LogP contribution in [0.1, 0.15) is 21.6 Å². The second-order valence-corrected chi connectivity index (χ2v) is 3.71. The summed E-state index contributed by atoms with van der Waals surface area (Å²) in [5, 5.41) is 6.45. The maximum absolute atomic E-state index is 11.9. The summed E-state index contributed by atoms with van der Waals surface area (Å²) in [5.41, 5.74) is 8.28. The molecule has 5 heteroatoms. The maximum Gasteiger partial charge on any atom is 0.253 e. The Hall–Kier alpha value is -2.30. The molecule has 0 aliphatic carbocycles. The first kappa shape index (κ1) is 11.2. The van der Waals surface area contributed by atoms with E-state index >= 15 is 0 Å². The maximum atomic E-state index is 11.9. The Labute approximate surface area is 98.6 Å². The van der Waals surface area contributed by atoms with E-state index in [0.717, 1.165) is 5.56 Å². The molecule has 2 aromatic rings. The van der Waals surface area contributed by atoms with Crippen LogP contribution in [0, 0.1) is 6.92 Å². The lowest BCUT2D eigenvalue weighted by Crippen LogP contribution is -2.24. The number of carbonyl (C=O) groups excluding carboxylic acids is 1. The number of carbonyl (C=O) groups is 1. The van der Waals surface area contributed by atoms with Crippen molar-refractivity contribution in [2.75, 3.05) is 5.73 Å². The molecule has 1 amide bonds. The van der Waals surface area contributed by atoms with Gasteiger partial charge in [-0.25, -0.2) is 0 Å². The van der Waals surface area contributed by atoms with Gasteiger partial charge in [0.25, 0.3) is 5.91 Å². The summed E-state index contributed by atoms with van der Waals surface area (Å²) in [5.74, 6) is -0.205. The van der Waals surface area contributed by atoms with Crippen LogP contribution in [0.25, 0.3) is 0 Å². The third-order valence-electron chi connectivity index (χ3n) is 2.45. The van der Waals surface area contributed by atoms with Gasteiger partial charge < -0.3 is 15.6 Å². The van der Waals surface area contributed by atoms with Crippen LogP contribution in [0.15, 0.2) is 35.1 Å². The van der Waals surface area contributed by atoms with Gasteiger partial charge in [-0.15, -0.1) is 0 Å². The van der Waals surface area contributed by atoms with Gasteiger partial charge in [0.15, 0.2) is 0 Å². The Morgan fingerprint density at radius 2 is 2.29 bits per heavy atom. The molecule has 0 radical (unpaired) electrons. The molecule has 0 saturated heterocycles. The first-order chi connectivity index (χ1) is 8.18. The summed E-state index contributed by atoms with van der Waals surface area (Å²) >= 11 is 0. The van der Waals surface area contributed by atoms with Crippen molar-refractivity contribution in [1.82, 2.24) is 10.5 Å². The van der Waals surface area contributed by atoms with Gasteiger partial charge in [0.1, 0.15) is 12.0 Å². The van der Waals surface area contributed by atoms with Gasteiger partial charge in [-0.3, -0.25) is 4.79 Å². The third-order valence-corrected chi connectivity index (χ3v) is 2.45. The molecule has 5 nitrogen and oxygen atoms in total. The summed E-state index contributed by atoms with van der Waals surface area (Å²) in [6, 6.07) is 7.07. The number of anilines is 1. The predicted molar refractivity (Wildman–Crippen MR) is 63.3 cm³/mol. The fourth-order valence-corrected chi connectivity index (χ4v) is 1.59. The number of hydrogen-bond donors (Lipinski definition) is 2. The first-order valence-corrected chi connectivity index (χ1v) is 5.21. The van der Waals surface area contributed by atoms with Crippen LogP contribution in [0.2, 0.25) is 0 Å². The van der Waals surface area contributed by atoms with Crippen molar-refractivity contribution in [1.29, 1.82) is 0 Å². The average Bonchev–Trinajstić information content (AvgIpc) is 2.79. The second kappa shape index (κ2) is 4.69. The summed E-state index contributed by atoms with van der Waals surface area (Å²) in [6.45, 7) is 2.17. The molecule has 3 N–H and O–H groups in total. The molecule has 0 bridgehead atoms. The highest BCUT2D eigenvalue weighted by molar-refractivity contribution is 6.00. The number of nitrogens with one attached hydrogen (secondary N) is 1. The van der Waals surface area contributed by atoms with Crippen LogP contribution in [-0.4, -0.2) is 11.1 Å². The quantitative estimate of drug-likeness (QED) is 0.784. The van der Waals surface area contributed by atoms with Gasteiger partial charge in [-0.1, -0.05) is 17.3 Å². The minimum Gasteiger partial charge on any atom is -0.398 e. The Morgan fingerprint density at radius 3 is 2.94 bits per heavy atom. The number of nitrogens with two attached hydrogens (primary N) is 1. The lowest BCUT2D eigenvalue weighted by molar-refractivity contribution is 0.0950. The Bertz CT molecular complexity index is 500. The van der Waals surface area contributed by atoms with Crippen LogP contribution in [0.5, 0.6) is 0 Å². The van der Waals surface area contributed by atoms with E-state index in [4.69, 9.17) is 5.73 Å². The molecule has 0 fully saturated rings. The molecule has 2 rings (SSSR count). The van der Waals surface area contributed by atoms with E-state index in [0.29, 0.717) is 23.5 Å². The number of aromatic nitrogens is 1. The minimum atomic E-state index is -0.205. The van der Waals surface area contributed by atoms with E-state index in [9.17, 15) is 4.79 Å². The van der Waals surface area contributed by atoms with E-state index in [-0.39, 0.29) is 5.91 Å². The zero-order chi connectivity index (χ0) is 12.3. The molecule has 0 saturated carbocycles. The Kier molecular flexibility index (Phi) is 3.09. The second-order valence-electron chi connectivity index (χ2n) is 3.71. The number of amides is 1. The fourth-order valence-electron chi connectivity index (χ4n) is 1.59. The highest BCUT2D eigenvalue weighted by atomic mass is 16.5. The van der Waals surface area contributed by atoms with Crippen molar-refractivity contribution in [3.63, 3.8) is 0 Å². The topological polar surface area (TPSA) is 81.2 Å². The van der Waals surface area contributed by atoms with Gasteiger partial charge in [-0.2, -0.15) is 0 Å². The monoisotopic (exact) mass is 231 g/mol.